The van der Waals surface area contributed by atoms with Gasteiger partial charge in [-0.05, 0) is 31.0 Å². The predicted molar refractivity (Wildman–Crippen MR) is 95.4 cm³/mol. The summed E-state index contributed by atoms with van der Waals surface area (Å²) in [4.78, 5) is 26.9. The average molecular weight is 353 g/mol. The van der Waals surface area contributed by atoms with Crippen LogP contribution in [0.25, 0.3) is 0 Å². The highest BCUT2D eigenvalue weighted by molar-refractivity contribution is 6.31. The van der Waals surface area contributed by atoms with E-state index in [4.69, 9.17) is 16.3 Å². The van der Waals surface area contributed by atoms with Crippen LogP contribution in [0.4, 0.5) is 5.69 Å². The number of benzene rings is 1. The second-order valence-corrected chi connectivity index (χ2v) is 7.61. The van der Waals surface area contributed by atoms with E-state index in [1.54, 1.807) is 30.2 Å². The van der Waals surface area contributed by atoms with Gasteiger partial charge >= 0.3 is 0 Å². The summed E-state index contributed by atoms with van der Waals surface area (Å²) in [6.45, 7) is 6.85. The quantitative estimate of drug-likeness (QED) is 0.904. The van der Waals surface area contributed by atoms with Gasteiger partial charge in [0.05, 0.1) is 18.7 Å². The Morgan fingerprint density at radius 1 is 1.33 bits per heavy atom. The maximum atomic E-state index is 12.6. The van der Waals surface area contributed by atoms with Crippen LogP contribution in [0.15, 0.2) is 18.2 Å². The third-order valence-electron chi connectivity index (χ3n) is 4.14. The number of likely N-dealkylation sites (tertiary alicyclic amines) is 1. The number of hydrogen-bond donors (Lipinski definition) is 1. The lowest BCUT2D eigenvalue weighted by Gasteiger charge is -2.35. The molecule has 1 aromatic carbocycles. The Bertz CT molecular complexity index is 625. The summed E-state index contributed by atoms with van der Waals surface area (Å²) in [6.07, 6.45) is 1.59. The maximum absolute atomic E-state index is 12.6. The highest BCUT2D eigenvalue weighted by atomic mass is 35.5. The van der Waals surface area contributed by atoms with Crippen LogP contribution in [0.3, 0.4) is 0 Å². The van der Waals surface area contributed by atoms with E-state index in [-0.39, 0.29) is 17.7 Å². The molecular weight excluding hydrogens is 328 g/mol. The molecule has 1 fully saturated rings. The Kier molecular flexibility index (Phi) is 5.75. The minimum absolute atomic E-state index is 0.0836. The molecule has 2 rings (SSSR count). The van der Waals surface area contributed by atoms with Crippen LogP contribution < -0.4 is 10.1 Å². The molecule has 0 radical (unpaired) electrons. The van der Waals surface area contributed by atoms with Crippen LogP contribution >= 0.6 is 11.6 Å². The van der Waals surface area contributed by atoms with Gasteiger partial charge < -0.3 is 15.0 Å². The summed E-state index contributed by atoms with van der Waals surface area (Å²) in [6, 6.07) is 5.09. The van der Waals surface area contributed by atoms with Gasteiger partial charge in [-0.3, -0.25) is 9.59 Å². The first-order chi connectivity index (χ1) is 11.2. The fourth-order valence-corrected chi connectivity index (χ4v) is 3.03. The molecule has 0 aliphatic carbocycles. The molecule has 6 heteroatoms. The van der Waals surface area contributed by atoms with Crippen molar-refractivity contribution in [2.75, 3.05) is 25.5 Å². The molecule has 24 heavy (non-hydrogen) atoms. The largest absolute Gasteiger partial charge is 0.495 e. The SMILES string of the molecule is COc1ccc(Cl)cc1NC(=O)[C@H]1CCCN(C(=O)C(C)(C)C)C1. The van der Waals surface area contributed by atoms with Gasteiger partial charge in [0.25, 0.3) is 0 Å². The molecule has 5 nitrogen and oxygen atoms in total. The molecule has 2 amide bonds. The van der Waals surface area contributed by atoms with Gasteiger partial charge in [0.15, 0.2) is 0 Å². The fraction of sp³-hybridized carbons (Fsp3) is 0.556. The summed E-state index contributed by atoms with van der Waals surface area (Å²) in [5.74, 6) is 0.308. The van der Waals surface area contributed by atoms with Gasteiger partial charge in [0, 0.05) is 23.5 Å². The summed E-state index contributed by atoms with van der Waals surface area (Å²) in [5.41, 5.74) is 0.114. The van der Waals surface area contributed by atoms with E-state index in [0.29, 0.717) is 29.5 Å². The molecule has 1 atom stereocenters. The molecule has 0 spiro atoms. The predicted octanol–water partition coefficient (Wildman–Crippen LogP) is 3.57. The van der Waals surface area contributed by atoms with Gasteiger partial charge in [0.2, 0.25) is 11.8 Å². The lowest BCUT2D eigenvalue weighted by atomic mass is 9.91. The second kappa shape index (κ2) is 7.43. The number of nitrogens with zero attached hydrogens (tertiary/aromatic N) is 1. The lowest BCUT2D eigenvalue weighted by Crippen LogP contribution is -2.47. The molecule has 0 saturated carbocycles. The van der Waals surface area contributed by atoms with Crippen molar-refractivity contribution in [3.05, 3.63) is 23.2 Å². The molecule has 0 unspecified atom stereocenters. The van der Waals surface area contributed by atoms with Gasteiger partial charge in [0.1, 0.15) is 5.75 Å². The topological polar surface area (TPSA) is 58.6 Å². The van der Waals surface area contributed by atoms with Gasteiger partial charge in [-0.15, -0.1) is 0 Å². The van der Waals surface area contributed by atoms with E-state index >= 15 is 0 Å². The van der Waals surface area contributed by atoms with Crippen LogP contribution in [0.1, 0.15) is 33.6 Å². The van der Waals surface area contributed by atoms with Crippen molar-refractivity contribution >= 4 is 29.1 Å². The van der Waals surface area contributed by atoms with Crippen LogP contribution in [0.5, 0.6) is 5.75 Å². The Balaban J connectivity index is 2.07. The number of carbonyl (C=O) groups excluding carboxylic acids is 2. The zero-order chi connectivity index (χ0) is 17.9. The molecule has 132 valence electrons. The van der Waals surface area contributed by atoms with Crippen molar-refractivity contribution in [2.45, 2.75) is 33.6 Å². The first kappa shape index (κ1) is 18.6. The molecule has 1 saturated heterocycles. The van der Waals surface area contributed by atoms with Crippen molar-refractivity contribution in [1.29, 1.82) is 0 Å². The van der Waals surface area contributed by atoms with Crippen molar-refractivity contribution in [3.63, 3.8) is 0 Å². The second-order valence-electron chi connectivity index (χ2n) is 7.17. The van der Waals surface area contributed by atoms with Crippen LogP contribution in [-0.2, 0) is 9.59 Å². The number of halogens is 1. The zero-order valence-electron chi connectivity index (χ0n) is 14.7. The molecule has 1 heterocycles. The van der Waals surface area contributed by atoms with E-state index in [2.05, 4.69) is 5.32 Å². The van der Waals surface area contributed by atoms with E-state index < -0.39 is 5.41 Å². The molecule has 0 aromatic heterocycles. The molecular formula is C18H25ClN2O3. The third-order valence-corrected chi connectivity index (χ3v) is 4.38. The van der Waals surface area contributed by atoms with Gasteiger partial charge in [-0.1, -0.05) is 32.4 Å². The highest BCUT2D eigenvalue weighted by Crippen LogP contribution is 2.29. The Labute approximate surface area is 148 Å². The van der Waals surface area contributed by atoms with E-state index in [1.807, 2.05) is 20.8 Å². The summed E-state index contributed by atoms with van der Waals surface area (Å²) in [7, 11) is 1.54. The number of rotatable bonds is 3. The number of piperidine rings is 1. The Morgan fingerprint density at radius 2 is 2.04 bits per heavy atom. The minimum atomic E-state index is -0.436. The van der Waals surface area contributed by atoms with Gasteiger partial charge in [-0.25, -0.2) is 0 Å². The van der Waals surface area contributed by atoms with Crippen LogP contribution in [0, 0.1) is 11.3 Å². The van der Waals surface area contributed by atoms with Crippen molar-refractivity contribution in [2.24, 2.45) is 11.3 Å². The molecule has 1 aromatic rings. The van der Waals surface area contributed by atoms with Crippen molar-refractivity contribution in [1.82, 2.24) is 4.90 Å². The standard InChI is InChI=1S/C18H25ClN2O3/c1-18(2,3)17(23)21-9-5-6-12(11-21)16(22)20-14-10-13(19)7-8-15(14)24-4/h7-8,10,12H,5-6,9,11H2,1-4H3,(H,20,22)/t12-/m0/s1. The number of anilines is 1. The van der Waals surface area contributed by atoms with Crippen LogP contribution in [0.2, 0.25) is 5.02 Å². The Morgan fingerprint density at radius 3 is 2.67 bits per heavy atom. The van der Waals surface area contributed by atoms with E-state index in [1.165, 1.54) is 0 Å². The molecule has 0 bridgehead atoms. The number of amides is 2. The summed E-state index contributed by atoms with van der Waals surface area (Å²) in [5, 5.41) is 3.41. The Hall–Kier alpha value is -1.75. The van der Waals surface area contributed by atoms with Gasteiger partial charge in [-0.2, -0.15) is 0 Å². The maximum Gasteiger partial charge on any atom is 0.229 e. The third kappa shape index (κ3) is 4.41. The number of carbonyl (C=O) groups is 2. The normalized spacial score (nSPS) is 18.2. The minimum Gasteiger partial charge on any atom is -0.495 e. The fourth-order valence-electron chi connectivity index (χ4n) is 2.86. The zero-order valence-corrected chi connectivity index (χ0v) is 15.4. The smallest absolute Gasteiger partial charge is 0.229 e. The summed E-state index contributed by atoms with van der Waals surface area (Å²) < 4.78 is 5.25. The average Bonchev–Trinajstić information content (AvgIpc) is 2.53. The number of hydrogen-bond acceptors (Lipinski definition) is 3. The monoisotopic (exact) mass is 352 g/mol. The molecule has 1 N–H and O–H groups in total. The van der Waals surface area contributed by atoms with Crippen molar-refractivity contribution < 1.29 is 14.3 Å². The van der Waals surface area contributed by atoms with E-state index in [9.17, 15) is 9.59 Å². The number of methoxy groups -OCH3 is 1. The van der Waals surface area contributed by atoms with Crippen molar-refractivity contribution in [3.8, 4) is 5.75 Å². The summed E-state index contributed by atoms with van der Waals surface area (Å²) >= 11 is 6.00. The highest BCUT2D eigenvalue weighted by Gasteiger charge is 2.33. The first-order valence-corrected chi connectivity index (χ1v) is 8.54. The number of ether oxygens (including phenoxy) is 1. The first-order valence-electron chi connectivity index (χ1n) is 8.16. The van der Waals surface area contributed by atoms with Crippen LogP contribution in [-0.4, -0.2) is 36.9 Å². The molecule has 1 aliphatic rings. The lowest BCUT2D eigenvalue weighted by molar-refractivity contribution is -0.142. The number of nitrogens with one attached hydrogen (secondary N) is 1. The van der Waals surface area contributed by atoms with E-state index in [0.717, 1.165) is 12.8 Å². The molecule has 1 aliphatic heterocycles.